The molecule has 0 unspecified atom stereocenters. The Hall–Kier alpha value is -1.10. The van der Waals surface area contributed by atoms with Crippen LogP contribution in [0.5, 0.6) is 0 Å². The monoisotopic (exact) mass is 282 g/mol. The molecule has 3 atom stereocenters. The van der Waals surface area contributed by atoms with Gasteiger partial charge in [-0.05, 0) is 25.2 Å². The number of rotatable bonds is 5. The van der Waals surface area contributed by atoms with Crippen molar-refractivity contribution in [1.82, 2.24) is 10.6 Å². The van der Waals surface area contributed by atoms with E-state index in [0.717, 1.165) is 6.42 Å². The number of carbonyl (C=O) groups excluding carboxylic acids is 2. The van der Waals surface area contributed by atoms with Crippen LogP contribution in [0.4, 0.5) is 0 Å². The van der Waals surface area contributed by atoms with Crippen LogP contribution in [0.25, 0.3) is 0 Å². The Morgan fingerprint density at radius 2 is 2.15 bits per heavy atom. The number of hydrogen-bond acceptors (Lipinski definition) is 3. The van der Waals surface area contributed by atoms with Gasteiger partial charge in [0.2, 0.25) is 11.8 Å². The number of amides is 2. The number of carbonyl (C=O) groups is 2. The van der Waals surface area contributed by atoms with Gasteiger partial charge in [-0.3, -0.25) is 9.59 Å². The lowest BCUT2D eigenvalue weighted by atomic mass is 9.88. The Bertz CT molecular complexity index is 336. The minimum Gasteiger partial charge on any atom is -0.376 e. The Morgan fingerprint density at radius 3 is 2.85 bits per heavy atom. The third-order valence-electron chi connectivity index (χ3n) is 4.40. The molecule has 5 nitrogen and oxygen atoms in total. The molecule has 1 saturated carbocycles. The maximum absolute atomic E-state index is 11.9. The molecular weight excluding hydrogens is 256 g/mol. The lowest BCUT2D eigenvalue weighted by molar-refractivity contribution is -0.129. The first-order chi connectivity index (χ1) is 9.66. The van der Waals surface area contributed by atoms with Gasteiger partial charge in [-0.1, -0.05) is 19.8 Å². The fraction of sp³-hybridized carbons (Fsp3) is 0.867. The summed E-state index contributed by atoms with van der Waals surface area (Å²) in [6, 6.07) is 0. The van der Waals surface area contributed by atoms with Crippen LogP contribution in [0, 0.1) is 11.8 Å². The van der Waals surface area contributed by atoms with Crippen molar-refractivity contribution in [3.63, 3.8) is 0 Å². The summed E-state index contributed by atoms with van der Waals surface area (Å²) in [6.07, 6.45) is 6.41. The summed E-state index contributed by atoms with van der Waals surface area (Å²) < 4.78 is 5.87. The second kappa shape index (κ2) is 7.62. The standard InChI is InChI=1S/C15H26N2O3/c1-11-4-2-3-5-13(11)20-9-8-16-15(19)12-6-7-14(18)17-10-12/h11-13H,2-10H2,1H3,(H,16,19)(H,17,18)/t11-,12+,13-/m1/s1. The molecule has 5 heteroatoms. The van der Waals surface area contributed by atoms with Gasteiger partial charge in [0.1, 0.15) is 0 Å². The van der Waals surface area contributed by atoms with Gasteiger partial charge in [0, 0.05) is 19.5 Å². The van der Waals surface area contributed by atoms with Crippen molar-refractivity contribution in [1.29, 1.82) is 0 Å². The summed E-state index contributed by atoms with van der Waals surface area (Å²) in [7, 11) is 0. The maximum Gasteiger partial charge on any atom is 0.224 e. The molecule has 0 radical (unpaired) electrons. The van der Waals surface area contributed by atoms with Gasteiger partial charge in [0.15, 0.2) is 0 Å². The van der Waals surface area contributed by atoms with Gasteiger partial charge < -0.3 is 15.4 Å². The zero-order valence-electron chi connectivity index (χ0n) is 12.3. The van der Waals surface area contributed by atoms with E-state index in [0.29, 0.717) is 44.6 Å². The number of nitrogens with one attached hydrogen (secondary N) is 2. The number of piperidine rings is 1. The van der Waals surface area contributed by atoms with E-state index in [1.807, 2.05) is 0 Å². The fourth-order valence-corrected chi connectivity index (χ4v) is 3.02. The first-order valence-corrected chi connectivity index (χ1v) is 7.83. The molecular formula is C15H26N2O3. The summed E-state index contributed by atoms with van der Waals surface area (Å²) in [6.45, 7) is 3.85. The lowest BCUT2D eigenvalue weighted by Gasteiger charge is -2.29. The van der Waals surface area contributed by atoms with Gasteiger partial charge in [-0.25, -0.2) is 0 Å². The predicted octanol–water partition coefficient (Wildman–Crippen LogP) is 1.22. The molecule has 0 aromatic heterocycles. The van der Waals surface area contributed by atoms with E-state index in [2.05, 4.69) is 17.6 Å². The summed E-state index contributed by atoms with van der Waals surface area (Å²) in [5.41, 5.74) is 0. The molecule has 1 aliphatic carbocycles. The zero-order valence-corrected chi connectivity index (χ0v) is 12.3. The molecule has 2 fully saturated rings. The smallest absolute Gasteiger partial charge is 0.224 e. The topological polar surface area (TPSA) is 67.4 Å². The van der Waals surface area contributed by atoms with E-state index >= 15 is 0 Å². The minimum absolute atomic E-state index is 0.0327. The SMILES string of the molecule is C[C@@H]1CCCC[C@H]1OCCNC(=O)[C@H]1CCC(=O)NC1. The van der Waals surface area contributed by atoms with Crippen LogP contribution >= 0.6 is 0 Å². The van der Waals surface area contributed by atoms with E-state index in [-0.39, 0.29) is 17.7 Å². The molecule has 1 heterocycles. The first-order valence-electron chi connectivity index (χ1n) is 7.83. The zero-order chi connectivity index (χ0) is 14.4. The van der Waals surface area contributed by atoms with E-state index in [1.54, 1.807) is 0 Å². The second-order valence-electron chi connectivity index (χ2n) is 6.00. The van der Waals surface area contributed by atoms with Crippen LogP contribution in [-0.2, 0) is 14.3 Å². The van der Waals surface area contributed by atoms with Crippen molar-refractivity contribution >= 4 is 11.8 Å². The fourth-order valence-electron chi connectivity index (χ4n) is 3.02. The quantitative estimate of drug-likeness (QED) is 0.745. The summed E-state index contributed by atoms with van der Waals surface area (Å²) in [4.78, 5) is 22.9. The van der Waals surface area contributed by atoms with Gasteiger partial charge in [0.25, 0.3) is 0 Å². The summed E-state index contributed by atoms with van der Waals surface area (Å²) >= 11 is 0. The first kappa shape index (κ1) is 15.3. The van der Waals surface area contributed by atoms with Crippen LogP contribution in [0.2, 0.25) is 0 Å². The van der Waals surface area contributed by atoms with Crippen LogP contribution in [-0.4, -0.2) is 37.6 Å². The number of hydrogen-bond donors (Lipinski definition) is 2. The number of ether oxygens (including phenoxy) is 1. The van der Waals surface area contributed by atoms with E-state index in [4.69, 9.17) is 4.74 Å². The van der Waals surface area contributed by atoms with Crippen molar-refractivity contribution < 1.29 is 14.3 Å². The van der Waals surface area contributed by atoms with Crippen molar-refractivity contribution in [2.24, 2.45) is 11.8 Å². The van der Waals surface area contributed by atoms with E-state index < -0.39 is 0 Å². The van der Waals surface area contributed by atoms with Gasteiger partial charge >= 0.3 is 0 Å². The third kappa shape index (κ3) is 4.47. The lowest BCUT2D eigenvalue weighted by Crippen LogP contribution is -2.43. The van der Waals surface area contributed by atoms with Gasteiger partial charge in [-0.2, -0.15) is 0 Å². The maximum atomic E-state index is 11.9. The highest BCUT2D eigenvalue weighted by Gasteiger charge is 2.24. The molecule has 0 bridgehead atoms. The Labute approximate surface area is 120 Å². The Morgan fingerprint density at radius 1 is 1.35 bits per heavy atom. The molecule has 20 heavy (non-hydrogen) atoms. The highest BCUT2D eigenvalue weighted by molar-refractivity contribution is 5.83. The largest absolute Gasteiger partial charge is 0.376 e. The Balaban J connectivity index is 1.58. The summed E-state index contributed by atoms with van der Waals surface area (Å²) in [5.74, 6) is 0.628. The van der Waals surface area contributed by atoms with Crippen molar-refractivity contribution in [3.8, 4) is 0 Å². The van der Waals surface area contributed by atoms with E-state index in [9.17, 15) is 9.59 Å². The van der Waals surface area contributed by atoms with E-state index in [1.165, 1.54) is 19.3 Å². The molecule has 1 saturated heterocycles. The van der Waals surface area contributed by atoms with Gasteiger partial charge in [-0.15, -0.1) is 0 Å². The molecule has 2 amide bonds. The van der Waals surface area contributed by atoms with Crippen molar-refractivity contribution in [2.45, 2.75) is 51.6 Å². The van der Waals surface area contributed by atoms with Crippen LogP contribution in [0.3, 0.4) is 0 Å². The van der Waals surface area contributed by atoms with Crippen molar-refractivity contribution in [3.05, 3.63) is 0 Å². The average Bonchev–Trinajstić information content (AvgIpc) is 2.46. The minimum atomic E-state index is -0.0821. The molecule has 2 rings (SSSR count). The molecule has 2 N–H and O–H groups in total. The molecule has 0 spiro atoms. The highest BCUT2D eigenvalue weighted by atomic mass is 16.5. The molecule has 1 aliphatic heterocycles. The average molecular weight is 282 g/mol. The third-order valence-corrected chi connectivity index (χ3v) is 4.40. The highest BCUT2D eigenvalue weighted by Crippen LogP contribution is 2.25. The molecule has 114 valence electrons. The molecule has 0 aromatic rings. The summed E-state index contributed by atoms with van der Waals surface area (Å²) in [5, 5.41) is 5.64. The Kier molecular flexibility index (Phi) is 5.83. The normalized spacial score (nSPS) is 30.6. The second-order valence-corrected chi connectivity index (χ2v) is 6.00. The molecule has 0 aromatic carbocycles. The van der Waals surface area contributed by atoms with Crippen molar-refractivity contribution in [2.75, 3.05) is 19.7 Å². The van der Waals surface area contributed by atoms with Gasteiger partial charge in [0.05, 0.1) is 18.6 Å². The van der Waals surface area contributed by atoms with Crippen LogP contribution in [0.1, 0.15) is 45.4 Å². The predicted molar refractivity (Wildman–Crippen MR) is 76.1 cm³/mol. The van der Waals surface area contributed by atoms with Crippen LogP contribution < -0.4 is 10.6 Å². The molecule has 2 aliphatic rings. The van der Waals surface area contributed by atoms with Crippen LogP contribution in [0.15, 0.2) is 0 Å².